The van der Waals surface area contributed by atoms with E-state index in [0.717, 1.165) is 0 Å². The van der Waals surface area contributed by atoms with Crippen molar-refractivity contribution >= 4 is 13.8 Å². The molecule has 2 rings (SSSR count). The zero-order valence-electron chi connectivity index (χ0n) is 19.2. The first kappa shape index (κ1) is 25.6. The lowest BCUT2D eigenvalue weighted by Gasteiger charge is -2.28. The Morgan fingerprint density at radius 1 is 1.09 bits per heavy atom. The Morgan fingerprint density at radius 2 is 1.66 bits per heavy atom. The molecule has 10 nitrogen and oxygen atoms in total. The summed E-state index contributed by atoms with van der Waals surface area (Å²) in [6, 6.07) is 6.31. The van der Waals surface area contributed by atoms with Crippen LogP contribution in [0.2, 0.25) is 0 Å². The Hall–Kier alpha value is -2.68. The highest BCUT2D eigenvalue weighted by molar-refractivity contribution is 7.49. The number of esters is 1. The zero-order chi connectivity index (χ0) is 24.2. The first-order valence-corrected chi connectivity index (χ1v) is 11.5. The molecule has 0 aliphatic carbocycles. The van der Waals surface area contributed by atoms with E-state index >= 15 is 0 Å². The Balaban J connectivity index is 2.70. The molecule has 1 aromatic carbocycles. The summed E-state index contributed by atoms with van der Waals surface area (Å²) in [6.45, 7) is 9.87. The topological polar surface area (TPSA) is 126 Å². The standard InChI is InChI=1S/C21H29N2O8P/c1-12(2)29-32(27,30-13(3)4)31-17-11-9-8-10-16(17)19-18(21(24)28-7)14(5)22-15(6)20(19)23(25)26/h8-13,19,22H,1-7H3/t19-/m1/s1. The second-order valence-corrected chi connectivity index (χ2v) is 9.24. The van der Waals surface area contributed by atoms with Crippen LogP contribution in [0.5, 0.6) is 5.75 Å². The fourth-order valence-corrected chi connectivity index (χ4v) is 4.99. The van der Waals surface area contributed by atoms with Gasteiger partial charge in [-0.05, 0) is 47.6 Å². The molecule has 176 valence electrons. The fourth-order valence-electron chi connectivity index (χ4n) is 3.42. The smallest absolute Gasteiger partial charge is 0.466 e. The van der Waals surface area contributed by atoms with Crippen LogP contribution in [0.15, 0.2) is 46.9 Å². The molecule has 0 spiro atoms. The summed E-state index contributed by atoms with van der Waals surface area (Å²) in [5.74, 6) is -1.84. The summed E-state index contributed by atoms with van der Waals surface area (Å²) in [4.78, 5) is 24.0. The van der Waals surface area contributed by atoms with Crippen LogP contribution >= 0.6 is 7.82 Å². The minimum atomic E-state index is -4.09. The second kappa shape index (κ2) is 10.3. The Kier molecular flexibility index (Phi) is 8.23. The van der Waals surface area contributed by atoms with E-state index in [4.69, 9.17) is 18.3 Å². The molecule has 0 unspecified atom stereocenters. The molecule has 1 atom stereocenters. The van der Waals surface area contributed by atoms with Crippen molar-refractivity contribution in [3.63, 3.8) is 0 Å². The van der Waals surface area contributed by atoms with E-state index in [1.54, 1.807) is 59.7 Å². The predicted molar refractivity (Wildman–Crippen MR) is 117 cm³/mol. The van der Waals surface area contributed by atoms with Gasteiger partial charge in [0.05, 0.1) is 35.5 Å². The van der Waals surface area contributed by atoms with Gasteiger partial charge in [0, 0.05) is 11.3 Å². The molecule has 1 N–H and O–H groups in total. The number of ether oxygens (including phenoxy) is 1. The number of nitrogens with one attached hydrogen (secondary N) is 1. The predicted octanol–water partition coefficient (Wildman–Crippen LogP) is 4.67. The number of nitrogens with zero attached hydrogens (tertiary/aromatic N) is 1. The van der Waals surface area contributed by atoms with Gasteiger partial charge in [-0.1, -0.05) is 18.2 Å². The van der Waals surface area contributed by atoms with Crippen LogP contribution in [-0.4, -0.2) is 30.2 Å². The lowest BCUT2D eigenvalue weighted by molar-refractivity contribution is -0.431. The number of methoxy groups -OCH3 is 1. The van der Waals surface area contributed by atoms with Crippen molar-refractivity contribution in [3.8, 4) is 5.75 Å². The highest BCUT2D eigenvalue weighted by Gasteiger charge is 2.43. The van der Waals surface area contributed by atoms with Gasteiger partial charge in [-0.2, -0.15) is 0 Å². The van der Waals surface area contributed by atoms with Crippen LogP contribution in [0.1, 0.15) is 53.0 Å². The van der Waals surface area contributed by atoms with Gasteiger partial charge in [0.2, 0.25) is 0 Å². The minimum Gasteiger partial charge on any atom is -0.466 e. The number of allylic oxidation sites excluding steroid dienone is 3. The number of dihydropyridines is 1. The van der Waals surface area contributed by atoms with Crippen molar-refractivity contribution < 1.29 is 32.6 Å². The second-order valence-electron chi connectivity index (χ2n) is 7.74. The van der Waals surface area contributed by atoms with E-state index in [2.05, 4.69) is 5.32 Å². The van der Waals surface area contributed by atoms with Crippen LogP contribution in [0.3, 0.4) is 0 Å². The molecule has 0 fully saturated rings. The monoisotopic (exact) mass is 468 g/mol. The molecule has 32 heavy (non-hydrogen) atoms. The molecule has 1 aliphatic rings. The summed E-state index contributed by atoms with van der Waals surface area (Å²) in [7, 11) is -2.90. The van der Waals surface area contributed by atoms with E-state index < -0.39 is 36.8 Å². The Morgan fingerprint density at radius 3 is 2.16 bits per heavy atom. The average molecular weight is 468 g/mol. The van der Waals surface area contributed by atoms with Gasteiger partial charge in [0.15, 0.2) is 0 Å². The molecule has 0 amide bonds. The van der Waals surface area contributed by atoms with Crippen molar-refractivity contribution in [1.29, 1.82) is 0 Å². The molecule has 1 aromatic rings. The van der Waals surface area contributed by atoms with Crippen LogP contribution in [-0.2, 0) is 23.1 Å². The van der Waals surface area contributed by atoms with Crippen molar-refractivity contribution in [2.45, 2.75) is 59.7 Å². The highest BCUT2D eigenvalue weighted by Crippen LogP contribution is 2.54. The average Bonchev–Trinajstić information content (AvgIpc) is 2.65. The van der Waals surface area contributed by atoms with Crippen LogP contribution < -0.4 is 9.84 Å². The third-order valence-electron chi connectivity index (χ3n) is 4.45. The molecule has 1 aliphatic heterocycles. The molecule has 0 bridgehead atoms. The highest BCUT2D eigenvalue weighted by atomic mass is 31.2. The van der Waals surface area contributed by atoms with E-state index in [0.29, 0.717) is 5.70 Å². The molecule has 11 heteroatoms. The van der Waals surface area contributed by atoms with Gasteiger partial charge < -0.3 is 14.6 Å². The number of rotatable bonds is 9. The van der Waals surface area contributed by atoms with Crippen molar-refractivity contribution in [2.75, 3.05) is 7.11 Å². The van der Waals surface area contributed by atoms with Crippen molar-refractivity contribution in [2.24, 2.45) is 0 Å². The third kappa shape index (κ3) is 5.76. The maximum Gasteiger partial charge on any atom is 0.530 e. The number of nitro groups is 1. The summed E-state index contributed by atoms with van der Waals surface area (Å²) < 4.78 is 34.9. The van der Waals surface area contributed by atoms with Gasteiger partial charge >= 0.3 is 13.8 Å². The van der Waals surface area contributed by atoms with Gasteiger partial charge in [0.25, 0.3) is 5.70 Å². The number of hydrogen-bond acceptors (Lipinski definition) is 9. The van der Waals surface area contributed by atoms with E-state index in [-0.39, 0.29) is 28.3 Å². The number of benzene rings is 1. The Bertz CT molecular complexity index is 985. The van der Waals surface area contributed by atoms with Crippen LogP contribution in [0, 0.1) is 10.1 Å². The number of carbonyl (C=O) groups is 1. The fraction of sp³-hybridized carbons (Fsp3) is 0.476. The number of phosphoric acid groups is 1. The quantitative estimate of drug-likeness (QED) is 0.238. The zero-order valence-corrected chi connectivity index (χ0v) is 20.1. The number of phosphoric ester groups is 1. The molecule has 0 saturated heterocycles. The molecule has 1 heterocycles. The maximum atomic E-state index is 13.3. The summed E-state index contributed by atoms with van der Waals surface area (Å²) in [5.41, 5.74) is 0.709. The number of para-hydroxylation sites is 1. The van der Waals surface area contributed by atoms with Crippen molar-refractivity contribution in [1.82, 2.24) is 5.32 Å². The lowest BCUT2D eigenvalue weighted by atomic mass is 9.83. The van der Waals surface area contributed by atoms with Crippen LogP contribution in [0.25, 0.3) is 0 Å². The first-order valence-electron chi connectivity index (χ1n) is 10.1. The van der Waals surface area contributed by atoms with E-state index in [1.165, 1.54) is 13.2 Å². The molecule has 0 radical (unpaired) electrons. The SMILES string of the molecule is COC(=O)C1=C(C)NC(C)=C([N+](=O)[O-])[C@@H]1c1ccccc1OP(=O)(OC(C)C)OC(C)C. The molecule has 0 aromatic heterocycles. The minimum absolute atomic E-state index is 0.0328. The summed E-state index contributed by atoms with van der Waals surface area (Å²) >= 11 is 0. The molecular weight excluding hydrogens is 439 g/mol. The lowest BCUT2D eigenvalue weighted by Crippen LogP contribution is -2.31. The first-order chi connectivity index (χ1) is 14.9. The third-order valence-corrected chi connectivity index (χ3v) is 6.23. The summed E-state index contributed by atoms with van der Waals surface area (Å²) in [6.07, 6.45) is -0.954. The normalized spacial score (nSPS) is 17.0. The maximum absolute atomic E-state index is 13.3. The Labute approximate surface area is 187 Å². The van der Waals surface area contributed by atoms with E-state index in [9.17, 15) is 19.5 Å². The largest absolute Gasteiger partial charge is 0.530 e. The van der Waals surface area contributed by atoms with Gasteiger partial charge in [-0.15, -0.1) is 0 Å². The molecule has 0 saturated carbocycles. The number of carbonyl (C=O) groups excluding carboxylic acids is 1. The van der Waals surface area contributed by atoms with Gasteiger partial charge in [0.1, 0.15) is 11.7 Å². The van der Waals surface area contributed by atoms with E-state index in [1.807, 2.05) is 0 Å². The van der Waals surface area contributed by atoms with Gasteiger partial charge in [-0.25, -0.2) is 9.36 Å². The molecular formula is C21H29N2O8P. The number of hydrogen-bond donors (Lipinski definition) is 1. The summed E-state index contributed by atoms with van der Waals surface area (Å²) in [5, 5.41) is 14.9. The van der Waals surface area contributed by atoms with Crippen molar-refractivity contribution in [3.05, 3.63) is 62.6 Å². The van der Waals surface area contributed by atoms with Gasteiger partial charge in [-0.3, -0.25) is 19.2 Å². The van der Waals surface area contributed by atoms with Crippen LogP contribution in [0.4, 0.5) is 0 Å².